The predicted octanol–water partition coefficient (Wildman–Crippen LogP) is 1.97. The van der Waals surface area contributed by atoms with Gasteiger partial charge in [0.2, 0.25) is 5.91 Å². The fourth-order valence-electron chi connectivity index (χ4n) is 3.07. The van der Waals surface area contributed by atoms with Gasteiger partial charge in [-0.25, -0.2) is 0 Å². The summed E-state index contributed by atoms with van der Waals surface area (Å²) in [6.45, 7) is 2.14. The van der Waals surface area contributed by atoms with Crippen molar-refractivity contribution in [3.63, 3.8) is 0 Å². The van der Waals surface area contributed by atoms with E-state index in [0.29, 0.717) is 13.0 Å². The van der Waals surface area contributed by atoms with Crippen LogP contribution in [-0.2, 0) is 11.2 Å². The molecule has 1 atom stereocenters. The van der Waals surface area contributed by atoms with Crippen LogP contribution in [0.4, 0.5) is 0 Å². The molecule has 1 fully saturated rings. The van der Waals surface area contributed by atoms with Crippen LogP contribution < -0.4 is 5.73 Å². The summed E-state index contributed by atoms with van der Waals surface area (Å²) in [4.78, 5) is 18.8. The molecule has 0 radical (unpaired) electrons. The van der Waals surface area contributed by atoms with Crippen LogP contribution in [0.15, 0.2) is 36.7 Å². The lowest BCUT2D eigenvalue weighted by molar-refractivity contribution is -0.134. The van der Waals surface area contributed by atoms with Crippen LogP contribution >= 0.6 is 0 Å². The molecule has 4 heteroatoms. The van der Waals surface area contributed by atoms with E-state index in [2.05, 4.69) is 11.1 Å². The summed E-state index contributed by atoms with van der Waals surface area (Å²) in [6.07, 6.45) is 6.61. The fraction of sp³-hybridized carbons (Fsp3) is 0.412. The summed E-state index contributed by atoms with van der Waals surface area (Å²) in [5, 5.41) is 2.28. The number of amides is 1. The normalized spacial score (nSPS) is 16.3. The van der Waals surface area contributed by atoms with Gasteiger partial charge in [0.15, 0.2) is 0 Å². The van der Waals surface area contributed by atoms with Crippen molar-refractivity contribution in [1.82, 2.24) is 9.88 Å². The van der Waals surface area contributed by atoms with Crippen LogP contribution in [0.1, 0.15) is 18.4 Å². The molecule has 3 rings (SSSR count). The van der Waals surface area contributed by atoms with Gasteiger partial charge in [0, 0.05) is 37.4 Å². The molecule has 110 valence electrons. The van der Waals surface area contributed by atoms with Crippen LogP contribution in [-0.4, -0.2) is 35.4 Å². The molecule has 1 aliphatic rings. The number of likely N-dealkylation sites (tertiary alicyclic amines) is 1. The average Bonchev–Trinajstić information content (AvgIpc) is 3.06. The van der Waals surface area contributed by atoms with Gasteiger partial charge in [-0.2, -0.15) is 0 Å². The first-order valence-electron chi connectivity index (χ1n) is 7.60. The highest BCUT2D eigenvalue weighted by molar-refractivity contribution is 5.86. The van der Waals surface area contributed by atoms with Crippen molar-refractivity contribution in [1.29, 1.82) is 0 Å². The van der Waals surface area contributed by atoms with E-state index >= 15 is 0 Å². The van der Waals surface area contributed by atoms with Crippen molar-refractivity contribution in [2.24, 2.45) is 11.7 Å². The Morgan fingerprint density at radius 1 is 1.24 bits per heavy atom. The van der Waals surface area contributed by atoms with Crippen molar-refractivity contribution in [3.05, 3.63) is 42.2 Å². The molecule has 0 bridgehead atoms. The van der Waals surface area contributed by atoms with Crippen LogP contribution in [0, 0.1) is 5.92 Å². The van der Waals surface area contributed by atoms with Gasteiger partial charge in [0.05, 0.1) is 5.92 Å². The van der Waals surface area contributed by atoms with Crippen LogP contribution in [0.25, 0.3) is 10.8 Å². The van der Waals surface area contributed by atoms with E-state index in [-0.39, 0.29) is 11.8 Å². The molecule has 1 aromatic carbocycles. The third kappa shape index (κ3) is 2.90. The maximum absolute atomic E-state index is 12.5. The molecule has 1 aliphatic heterocycles. The number of benzene rings is 1. The van der Waals surface area contributed by atoms with Gasteiger partial charge in [-0.3, -0.25) is 9.78 Å². The topological polar surface area (TPSA) is 59.2 Å². The van der Waals surface area contributed by atoms with Crippen LogP contribution in [0.2, 0.25) is 0 Å². The molecule has 1 amide bonds. The van der Waals surface area contributed by atoms with Crippen molar-refractivity contribution in [3.8, 4) is 0 Å². The Kier molecular flexibility index (Phi) is 4.15. The predicted molar refractivity (Wildman–Crippen MR) is 83.8 cm³/mol. The Balaban J connectivity index is 1.83. The highest BCUT2D eigenvalue weighted by Gasteiger charge is 2.26. The number of hydrogen-bond acceptors (Lipinski definition) is 3. The minimum absolute atomic E-state index is 0.143. The molecule has 0 spiro atoms. The van der Waals surface area contributed by atoms with E-state index in [1.807, 2.05) is 35.5 Å². The van der Waals surface area contributed by atoms with Crippen molar-refractivity contribution < 1.29 is 4.79 Å². The number of fused-ring (bicyclic) bond motifs is 1. The Morgan fingerprint density at radius 3 is 2.76 bits per heavy atom. The second-order valence-corrected chi connectivity index (χ2v) is 5.69. The lowest BCUT2D eigenvalue weighted by Gasteiger charge is -2.22. The number of aromatic nitrogens is 1. The number of nitrogens with zero attached hydrogens (tertiary/aromatic N) is 2. The number of carbonyl (C=O) groups is 1. The summed E-state index contributed by atoms with van der Waals surface area (Å²) >= 11 is 0. The van der Waals surface area contributed by atoms with Crippen molar-refractivity contribution >= 4 is 16.7 Å². The van der Waals surface area contributed by atoms with E-state index in [1.165, 1.54) is 5.39 Å². The van der Waals surface area contributed by atoms with Crippen LogP contribution in [0.3, 0.4) is 0 Å². The second-order valence-electron chi connectivity index (χ2n) is 5.69. The SMILES string of the molecule is NCC(Cc1cncc2ccccc12)C(=O)N1CCCC1. The van der Waals surface area contributed by atoms with Gasteiger partial charge in [-0.05, 0) is 30.2 Å². The molecule has 21 heavy (non-hydrogen) atoms. The van der Waals surface area contributed by atoms with Gasteiger partial charge in [0.25, 0.3) is 0 Å². The Hall–Kier alpha value is -1.94. The highest BCUT2D eigenvalue weighted by Crippen LogP contribution is 2.21. The third-order valence-electron chi connectivity index (χ3n) is 4.27. The zero-order valence-electron chi connectivity index (χ0n) is 12.2. The smallest absolute Gasteiger partial charge is 0.227 e. The summed E-state index contributed by atoms with van der Waals surface area (Å²) in [5.41, 5.74) is 6.97. The molecule has 0 aliphatic carbocycles. The maximum atomic E-state index is 12.5. The molecule has 2 N–H and O–H groups in total. The molecule has 0 saturated carbocycles. The quantitative estimate of drug-likeness (QED) is 0.933. The summed E-state index contributed by atoms with van der Waals surface area (Å²) < 4.78 is 0. The first-order valence-corrected chi connectivity index (χ1v) is 7.60. The largest absolute Gasteiger partial charge is 0.342 e. The first kappa shape index (κ1) is 14.0. The fourth-order valence-corrected chi connectivity index (χ4v) is 3.07. The van der Waals surface area contributed by atoms with E-state index in [1.54, 1.807) is 0 Å². The third-order valence-corrected chi connectivity index (χ3v) is 4.27. The van der Waals surface area contributed by atoms with Crippen molar-refractivity contribution in [2.75, 3.05) is 19.6 Å². The van der Waals surface area contributed by atoms with Gasteiger partial charge >= 0.3 is 0 Å². The van der Waals surface area contributed by atoms with Gasteiger partial charge in [-0.1, -0.05) is 24.3 Å². The molecular weight excluding hydrogens is 262 g/mol. The number of rotatable bonds is 4. The van der Waals surface area contributed by atoms with E-state index in [4.69, 9.17) is 5.73 Å². The molecule has 1 saturated heterocycles. The number of carbonyl (C=O) groups excluding carboxylic acids is 1. The molecule has 4 nitrogen and oxygen atoms in total. The number of hydrogen-bond donors (Lipinski definition) is 1. The molecule has 1 aromatic heterocycles. The standard InChI is InChI=1S/C17H21N3O/c18-10-14(17(21)20-7-3-4-8-20)9-15-12-19-11-13-5-1-2-6-16(13)15/h1-2,5-6,11-12,14H,3-4,7-10,18H2. The molecular formula is C17H21N3O. The Bertz CT molecular complexity index is 629. The average molecular weight is 283 g/mol. The van der Waals surface area contributed by atoms with Crippen LogP contribution in [0.5, 0.6) is 0 Å². The molecule has 2 aromatic rings. The van der Waals surface area contributed by atoms with E-state index in [9.17, 15) is 4.79 Å². The van der Waals surface area contributed by atoms with E-state index in [0.717, 1.165) is 36.9 Å². The first-order chi connectivity index (χ1) is 10.3. The zero-order chi connectivity index (χ0) is 14.7. The number of pyridine rings is 1. The monoisotopic (exact) mass is 283 g/mol. The zero-order valence-corrected chi connectivity index (χ0v) is 12.2. The van der Waals surface area contributed by atoms with Crippen molar-refractivity contribution in [2.45, 2.75) is 19.3 Å². The Labute approximate surface area is 125 Å². The second kappa shape index (κ2) is 6.22. The lowest BCUT2D eigenvalue weighted by atomic mass is 9.95. The summed E-state index contributed by atoms with van der Waals surface area (Å²) in [7, 11) is 0. The highest BCUT2D eigenvalue weighted by atomic mass is 16.2. The van der Waals surface area contributed by atoms with Gasteiger partial charge < -0.3 is 10.6 Å². The van der Waals surface area contributed by atoms with Gasteiger partial charge in [-0.15, -0.1) is 0 Å². The Morgan fingerprint density at radius 2 is 2.00 bits per heavy atom. The molecule has 1 unspecified atom stereocenters. The molecule has 2 heterocycles. The summed E-state index contributed by atoms with van der Waals surface area (Å²) in [5.74, 6) is 0.0543. The summed E-state index contributed by atoms with van der Waals surface area (Å²) in [6, 6.07) is 8.15. The van der Waals surface area contributed by atoms with Gasteiger partial charge in [0.1, 0.15) is 0 Å². The lowest BCUT2D eigenvalue weighted by Crippen LogP contribution is -2.38. The minimum Gasteiger partial charge on any atom is -0.342 e. The maximum Gasteiger partial charge on any atom is 0.227 e. The minimum atomic E-state index is -0.143. The van der Waals surface area contributed by atoms with E-state index < -0.39 is 0 Å². The number of nitrogens with two attached hydrogens (primary N) is 1.